The molecule has 0 radical (unpaired) electrons. The second kappa shape index (κ2) is 9.52. The van der Waals surface area contributed by atoms with E-state index in [0.29, 0.717) is 11.5 Å². The largest absolute Gasteiger partial charge is 0.481 e. The number of esters is 1. The van der Waals surface area contributed by atoms with E-state index in [4.69, 9.17) is 15.2 Å². The Kier molecular flexibility index (Phi) is 7.11. The summed E-state index contributed by atoms with van der Waals surface area (Å²) in [5, 5.41) is 0. The van der Waals surface area contributed by atoms with Crippen LogP contribution in [0.3, 0.4) is 0 Å². The zero-order chi connectivity index (χ0) is 19.8. The van der Waals surface area contributed by atoms with E-state index < -0.39 is 18.5 Å². The van der Waals surface area contributed by atoms with Crippen LogP contribution >= 0.6 is 0 Å². The highest BCUT2D eigenvalue weighted by Crippen LogP contribution is 2.19. The molecule has 0 saturated heterocycles. The molecule has 2 rings (SSSR count). The lowest BCUT2D eigenvalue weighted by molar-refractivity contribution is -0.144. The lowest BCUT2D eigenvalue weighted by atomic mass is 9.97. The van der Waals surface area contributed by atoms with Gasteiger partial charge in [-0.15, -0.1) is 0 Å². The summed E-state index contributed by atoms with van der Waals surface area (Å²) in [6.07, 6.45) is 1.02. The van der Waals surface area contributed by atoms with Crippen LogP contribution in [-0.4, -0.2) is 30.9 Å². The first kappa shape index (κ1) is 20.2. The number of carbonyl (C=O) groups is 3. The van der Waals surface area contributed by atoms with E-state index >= 15 is 0 Å². The number of primary amides is 1. The summed E-state index contributed by atoms with van der Waals surface area (Å²) in [6, 6.07) is 13.6. The molecule has 1 atom stereocenters. The van der Waals surface area contributed by atoms with Gasteiger partial charge in [0, 0.05) is 5.56 Å². The topological polar surface area (TPSA) is 95.7 Å². The van der Waals surface area contributed by atoms with Gasteiger partial charge in [-0.25, -0.2) is 4.79 Å². The van der Waals surface area contributed by atoms with Gasteiger partial charge in [-0.3, -0.25) is 9.59 Å². The van der Waals surface area contributed by atoms with Crippen LogP contribution in [0.2, 0.25) is 0 Å². The van der Waals surface area contributed by atoms with Crippen LogP contribution in [0, 0.1) is 0 Å². The number of Topliss-reactive ketones (excluding diaryl/α,β-unsaturated/α-hetero) is 1. The van der Waals surface area contributed by atoms with E-state index in [2.05, 4.69) is 13.8 Å². The number of amides is 1. The maximum Gasteiger partial charge on any atom is 0.344 e. The van der Waals surface area contributed by atoms with Gasteiger partial charge in [0.1, 0.15) is 5.75 Å². The molecule has 0 aliphatic rings. The lowest BCUT2D eigenvalue weighted by Gasteiger charge is -2.10. The van der Waals surface area contributed by atoms with Crippen molar-refractivity contribution in [3.63, 3.8) is 0 Å². The van der Waals surface area contributed by atoms with Gasteiger partial charge in [-0.2, -0.15) is 0 Å². The van der Waals surface area contributed by atoms with Gasteiger partial charge in [0.15, 0.2) is 19.0 Å². The van der Waals surface area contributed by atoms with Crippen molar-refractivity contribution in [3.8, 4) is 5.75 Å². The Morgan fingerprint density at radius 2 is 1.67 bits per heavy atom. The van der Waals surface area contributed by atoms with Crippen LogP contribution in [0.1, 0.15) is 52.5 Å². The fourth-order valence-electron chi connectivity index (χ4n) is 2.44. The molecule has 0 spiro atoms. The molecule has 0 aromatic heterocycles. The zero-order valence-electron chi connectivity index (χ0n) is 15.4. The fourth-order valence-corrected chi connectivity index (χ4v) is 2.44. The van der Waals surface area contributed by atoms with Crippen molar-refractivity contribution in [2.75, 3.05) is 13.2 Å². The van der Waals surface area contributed by atoms with Crippen LogP contribution in [0.5, 0.6) is 5.75 Å². The minimum absolute atomic E-state index is 0.169. The van der Waals surface area contributed by atoms with Crippen molar-refractivity contribution >= 4 is 17.7 Å². The Balaban J connectivity index is 1.85. The molecule has 2 aromatic rings. The van der Waals surface area contributed by atoms with Gasteiger partial charge in [-0.05, 0) is 30.0 Å². The van der Waals surface area contributed by atoms with Crippen LogP contribution < -0.4 is 10.5 Å². The zero-order valence-corrected chi connectivity index (χ0v) is 15.4. The van der Waals surface area contributed by atoms with Gasteiger partial charge < -0.3 is 15.2 Å². The van der Waals surface area contributed by atoms with E-state index in [1.807, 2.05) is 12.1 Å². The average molecular weight is 369 g/mol. The van der Waals surface area contributed by atoms with Gasteiger partial charge in [-0.1, -0.05) is 50.2 Å². The number of hydrogen-bond acceptors (Lipinski definition) is 5. The predicted molar refractivity (Wildman–Crippen MR) is 101 cm³/mol. The molecular formula is C21H23NO5. The Labute approximate surface area is 158 Å². The molecule has 2 N–H and O–H groups in total. The van der Waals surface area contributed by atoms with Crippen LogP contribution in [0.15, 0.2) is 48.5 Å². The number of ether oxygens (including phenoxy) is 2. The monoisotopic (exact) mass is 369 g/mol. The summed E-state index contributed by atoms with van der Waals surface area (Å²) >= 11 is 0. The number of ketones is 1. The van der Waals surface area contributed by atoms with E-state index in [1.165, 1.54) is 12.1 Å². The lowest BCUT2D eigenvalue weighted by Crippen LogP contribution is -2.21. The highest BCUT2D eigenvalue weighted by Gasteiger charge is 2.13. The van der Waals surface area contributed by atoms with Crippen LogP contribution in [0.4, 0.5) is 0 Å². The molecule has 0 bridgehead atoms. The van der Waals surface area contributed by atoms with Crippen molar-refractivity contribution in [1.29, 1.82) is 0 Å². The second-order valence-corrected chi connectivity index (χ2v) is 6.16. The molecule has 142 valence electrons. The molecule has 0 unspecified atom stereocenters. The van der Waals surface area contributed by atoms with Crippen molar-refractivity contribution in [2.45, 2.75) is 26.2 Å². The summed E-state index contributed by atoms with van der Waals surface area (Å²) in [7, 11) is 0. The first-order chi connectivity index (χ1) is 12.9. The number of carbonyl (C=O) groups excluding carboxylic acids is 3. The van der Waals surface area contributed by atoms with Gasteiger partial charge >= 0.3 is 5.97 Å². The third-order valence-corrected chi connectivity index (χ3v) is 4.28. The summed E-state index contributed by atoms with van der Waals surface area (Å²) in [6.45, 7) is 3.43. The van der Waals surface area contributed by atoms with Crippen molar-refractivity contribution in [3.05, 3.63) is 65.2 Å². The predicted octanol–water partition coefficient (Wildman–Crippen LogP) is 3.10. The Morgan fingerprint density at radius 1 is 1.00 bits per heavy atom. The number of hydrogen-bond donors (Lipinski definition) is 1. The third-order valence-electron chi connectivity index (χ3n) is 4.28. The number of para-hydroxylation sites is 1. The summed E-state index contributed by atoms with van der Waals surface area (Å²) in [4.78, 5) is 35.2. The Bertz CT molecular complexity index is 814. The number of rotatable bonds is 9. The molecule has 0 saturated carbocycles. The van der Waals surface area contributed by atoms with Gasteiger partial charge in [0.2, 0.25) is 0 Å². The van der Waals surface area contributed by atoms with E-state index in [1.54, 1.807) is 24.3 Å². The maximum atomic E-state index is 12.1. The van der Waals surface area contributed by atoms with Crippen molar-refractivity contribution < 1.29 is 23.9 Å². The Hall–Kier alpha value is -3.15. The highest BCUT2D eigenvalue weighted by atomic mass is 16.6. The molecule has 0 heterocycles. The maximum absolute atomic E-state index is 12.1. The Morgan fingerprint density at radius 3 is 2.30 bits per heavy atom. The molecule has 27 heavy (non-hydrogen) atoms. The molecule has 2 aromatic carbocycles. The van der Waals surface area contributed by atoms with Crippen molar-refractivity contribution in [1.82, 2.24) is 0 Å². The molecule has 6 heteroatoms. The third kappa shape index (κ3) is 5.67. The molecule has 0 aliphatic heterocycles. The molecule has 6 nitrogen and oxygen atoms in total. The van der Waals surface area contributed by atoms with Gasteiger partial charge in [0.05, 0.1) is 5.56 Å². The average Bonchev–Trinajstić information content (AvgIpc) is 2.70. The van der Waals surface area contributed by atoms with Crippen molar-refractivity contribution in [2.24, 2.45) is 5.73 Å². The quantitative estimate of drug-likeness (QED) is 0.541. The number of benzene rings is 2. The summed E-state index contributed by atoms with van der Waals surface area (Å²) < 4.78 is 10.2. The van der Waals surface area contributed by atoms with Gasteiger partial charge in [0.25, 0.3) is 5.91 Å². The smallest absolute Gasteiger partial charge is 0.344 e. The minimum atomic E-state index is -0.709. The van der Waals surface area contributed by atoms with Crippen LogP contribution in [0.25, 0.3) is 0 Å². The standard InChI is InChI=1S/C21H23NO5/c1-3-14(2)15-8-10-16(11-9-15)18(23)12-27-20(24)13-26-19-7-5-4-6-17(19)21(22)25/h4-11,14H,3,12-13H2,1-2H3,(H2,22,25)/t14-/m0/s1. The SMILES string of the molecule is CC[C@H](C)c1ccc(C(=O)COC(=O)COc2ccccc2C(N)=O)cc1. The number of nitrogens with two attached hydrogens (primary N) is 1. The molecule has 0 fully saturated rings. The minimum Gasteiger partial charge on any atom is -0.481 e. The highest BCUT2D eigenvalue weighted by molar-refractivity contribution is 5.98. The van der Waals surface area contributed by atoms with Crippen LogP contribution in [-0.2, 0) is 9.53 Å². The second-order valence-electron chi connectivity index (χ2n) is 6.16. The molecular weight excluding hydrogens is 346 g/mol. The van der Waals surface area contributed by atoms with E-state index in [-0.39, 0.29) is 23.7 Å². The normalized spacial score (nSPS) is 11.5. The van der Waals surface area contributed by atoms with E-state index in [0.717, 1.165) is 12.0 Å². The van der Waals surface area contributed by atoms with E-state index in [9.17, 15) is 14.4 Å². The summed E-state index contributed by atoms with van der Waals surface area (Å²) in [5.74, 6) is -1.05. The summed E-state index contributed by atoms with van der Waals surface area (Å²) in [5.41, 5.74) is 7.05. The fraction of sp³-hybridized carbons (Fsp3) is 0.286. The first-order valence-electron chi connectivity index (χ1n) is 8.72. The molecule has 1 amide bonds. The molecule has 0 aliphatic carbocycles. The first-order valence-corrected chi connectivity index (χ1v) is 8.72.